The SMILES string of the molecule is CC(C)(CN)Cc1ccc(N2CCCC2)cc1. The zero-order valence-corrected chi connectivity index (χ0v) is 11.1. The molecule has 1 saturated heterocycles. The summed E-state index contributed by atoms with van der Waals surface area (Å²) in [4.78, 5) is 2.47. The Labute approximate surface area is 105 Å². The van der Waals surface area contributed by atoms with Crippen LogP contribution in [0, 0.1) is 5.41 Å². The summed E-state index contributed by atoms with van der Waals surface area (Å²) in [7, 11) is 0. The lowest BCUT2D eigenvalue weighted by atomic mass is 9.86. The quantitative estimate of drug-likeness (QED) is 0.865. The summed E-state index contributed by atoms with van der Waals surface area (Å²) in [6.07, 6.45) is 3.73. The summed E-state index contributed by atoms with van der Waals surface area (Å²) in [6.45, 7) is 7.62. The molecule has 0 amide bonds. The highest BCUT2D eigenvalue weighted by Crippen LogP contribution is 2.24. The van der Waals surface area contributed by atoms with E-state index in [9.17, 15) is 0 Å². The molecule has 0 unspecified atom stereocenters. The van der Waals surface area contributed by atoms with Crippen molar-refractivity contribution < 1.29 is 0 Å². The van der Waals surface area contributed by atoms with E-state index in [0.717, 1.165) is 13.0 Å². The highest BCUT2D eigenvalue weighted by Gasteiger charge is 2.17. The van der Waals surface area contributed by atoms with Crippen molar-refractivity contribution in [3.63, 3.8) is 0 Å². The molecule has 0 bridgehead atoms. The van der Waals surface area contributed by atoms with Crippen molar-refractivity contribution in [2.45, 2.75) is 33.1 Å². The van der Waals surface area contributed by atoms with Gasteiger partial charge in [-0.25, -0.2) is 0 Å². The van der Waals surface area contributed by atoms with Gasteiger partial charge in [0.2, 0.25) is 0 Å². The van der Waals surface area contributed by atoms with Crippen LogP contribution in [0.5, 0.6) is 0 Å². The lowest BCUT2D eigenvalue weighted by Crippen LogP contribution is -2.25. The first-order chi connectivity index (χ1) is 8.11. The van der Waals surface area contributed by atoms with Crippen LogP contribution in [0.2, 0.25) is 0 Å². The molecule has 2 N–H and O–H groups in total. The fourth-order valence-corrected chi connectivity index (χ4v) is 2.42. The monoisotopic (exact) mass is 232 g/mol. The Morgan fingerprint density at radius 2 is 1.71 bits per heavy atom. The molecule has 1 fully saturated rings. The summed E-state index contributed by atoms with van der Waals surface area (Å²) < 4.78 is 0. The first kappa shape index (κ1) is 12.4. The largest absolute Gasteiger partial charge is 0.372 e. The van der Waals surface area contributed by atoms with E-state index >= 15 is 0 Å². The van der Waals surface area contributed by atoms with Gasteiger partial charge in [0, 0.05) is 18.8 Å². The van der Waals surface area contributed by atoms with Gasteiger partial charge in [-0.3, -0.25) is 0 Å². The van der Waals surface area contributed by atoms with Crippen LogP contribution in [-0.4, -0.2) is 19.6 Å². The predicted molar refractivity (Wildman–Crippen MR) is 74.4 cm³/mol. The molecule has 2 nitrogen and oxygen atoms in total. The fourth-order valence-electron chi connectivity index (χ4n) is 2.42. The van der Waals surface area contributed by atoms with Gasteiger partial charge in [0.1, 0.15) is 0 Å². The number of benzene rings is 1. The summed E-state index contributed by atoms with van der Waals surface area (Å²) in [5, 5.41) is 0. The van der Waals surface area contributed by atoms with E-state index in [0.29, 0.717) is 0 Å². The summed E-state index contributed by atoms with van der Waals surface area (Å²) in [6, 6.07) is 9.02. The van der Waals surface area contributed by atoms with Crippen molar-refractivity contribution in [1.29, 1.82) is 0 Å². The van der Waals surface area contributed by atoms with Gasteiger partial charge in [0.05, 0.1) is 0 Å². The number of hydrogen-bond donors (Lipinski definition) is 1. The molecule has 0 atom stereocenters. The van der Waals surface area contributed by atoms with Crippen LogP contribution in [0.3, 0.4) is 0 Å². The second kappa shape index (κ2) is 5.09. The van der Waals surface area contributed by atoms with Crippen molar-refractivity contribution in [1.82, 2.24) is 0 Å². The molecule has 1 heterocycles. The number of rotatable bonds is 4. The summed E-state index contributed by atoms with van der Waals surface area (Å²) in [5.74, 6) is 0. The minimum Gasteiger partial charge on any atom is -0.372 e. The molecule has 1 aliphatic rings. The van der Waals surface area contributed by atoms with E-state index < -0.39 is 0 Å². The van der Waals surface area contributed by atoms with Crippen LogP contribution in [0.4, 0.5) is 5.69 Å². The van der Waals surface area contributed by atoms with E-state index in [4.69, 9.17) is 5.73 Å². The molecule has 0 aliphatic carbocycles. The first-order valence-electron chi connectivity index (χ1n) is 6.65. The van der Waals surface area contributed by atoms with Crippen LogP contribution in [0.15, 0.2) is 24.3 Å². The van der Waals surface area contributed by atoms with Gasteiger partial charge in [-0.15, -0.1) is 0 Å². The van der Waals surface area contributed by atoms with E-state index in [1.807, 2.05) is 0 Å². The Balaban J connectivity index is 2.02. The lowest BCUT2D eigenvalue weighted by molar-refractivity contribution is 0.377. The molecule has 0 aromatic heterocycles. The second-order valence-corrected chi connectivity index (χ2v) is 5.91. The number of nitrogens with zero attached hydrogens (tertiary/aromatic N) is 1. The van der Waals surface area contributed by atoms with Crippen molar-refractivity contribution in [3.8, 4) is 0 Å². The lowest BCUT2D eigenvalue weighted by Gasteiger charge is -2.23. The van der Waals surface area contributed by atoms with Crippen LogP contribution >= 0.6 is 0 Å². The molecule has 1 aromatic carbocycles. The molecule has 1 aromatic rings. The Morgan fingerprint density at radius 3 is 2.24 bits per heavy atom. The maximum Gasteiger partial charge on any atom is 0.0366 e. The third-order valence-electron chi connectivity index (χ3n) is 3.64. The van der Waals surface area contributed by atoms with Crippen molar-refractivity contribution in [3.05, 3.63) is 29.8 Å². The molecule has 0 radical (unpaired) electrons. The third-order valence-corrected chi connectivity index (χ3v) is 3.64. The minimum absolute atomic E-state index is 0.204. The van der Waals surface area contributed by atoms with Gasteiger partial charge in [0.25, 0.3) is 0 Å². The third kappa shape index (κ3) is 3.22. The van der Waals surface area contributed by atoms with Gasteiger partial charge in [-0.1, -0.05) is 26.0 Å². The van der Waals surface area contributed by atoms with Gasteiger partial charge in [0.15, 0.2) is 0 Å². The average molecular weight is 232 g/mol. The van der Waals surface area contributed by atoms with Gasteiger partial charge >= 0.3 is 0 Å². The smallest absolute Gasteiger partial charge is 0.0366 e. The maximum absolute atomic E-state index is 5.78. The van der Waals surface area contributed by atoms with Crippen molar-refractivity contribution >= 4 is 5.69 Å². The van der Waals surface area contributed by atoms with Crippen LogP contribution < -0.4 is 10.6 Å². The van der Waals surface area contributed by atoms with Crippen LogP contribution in [-0.2, 0) is 6.42 Å². The minimum atomic E-state index is 0.204. The Kier molecular flexibility index (Phi) is 3.72. The predicted octanol–water partition coefficient (Wildman–Crippen LogP) is 2.81. The Bertz CT molecular complexity index is 348. The van der Waals surface area contributed by atoms with Gasteiger partial charge < -0.3 is 10.6 Å². The topological polar surface area (TPSA) is 29.3 Å². The zero-order chi connectivity index (χ0) is 12.3. The second-order valence-electron chi connectivity index (χ2n) is 5.91. The van der Waals surface area contributed by atoms with Gasteiger partial charge in [-0.05, 0) is 48.9 Å². The molecule has 94 valence electrons. The van der Waals surface area contributed by atoms with Gasteiger partial charge in [-0.2, -0.15) is 0 Å². The Hall–Kier alpha value is -1.02. The highest BCUT2D eigenvalue weighted by molar-refractivity contribution is 5.48. The number of nitrogens with two attached hydrogens (primary N) is 1. The molecule has 0 saturated carbocycles. The van der Waals surface area contributed by atoms with Crippen molar-refractivity contribution in [2.75, 3.05) is 24.5 Å². The van der Waals surface area contributed by atoms with Crippen molar-refractivity contribution in [2.24, 2.45) is 11.1 Å². The molecule has 1 aliphatic heterocycles. The number of anilines is 1. The molecule has 17 heavy (non-hydrogen) atoms. The summed E-state index contributed by atoms with van der Waals surface area (Å²) in [5.41, 5.74) is 8.74. The maximum atomic E-state index is 5.78. The highest BCUT2D eigenvalue weighted by atomic mass is 15.1. The van der Waals surface area contributed by atoms with E-state index in [-0.39, 0.29) is 5.41 Å². The molecule has 0 spiro atoms. The Morgan fingerprint density at radius 1 is 1.12 bits per heavy atom. The fraction of sp³-hybridized carbons (Fsp3) is 0.600. The number of hydrogen-bond acceptors (Lipinski definition) is 2. The van der Waals surface area contributed by atoms with Crippen LogP contribution in [0.1, 0.15) is 32.3 Å². The first-order valence-corrected chi connectivity index (χ1v) is 6.65. The van der Waals surface area contributed by atoms with E-state index in [2.05, 4.69) is 43.0 Å². The van der Waals surface area contributed by atoms with E-state index in [1.165, 1.54) is 37.2 Å². The normalized spacial score (nSPS) is 16.5. The zero-order valence-electron chi connectivity index (χ0n) is 11.1. The molecular formula is C15H24N2. The molecular weight excluding hydrogens is 208 g/mol. The molecule has 2 heteroatoms. The van der Waals surface area contributed by atoms with E-state index in [1.54, 1.807) is 0 Å². The average Bonchev–Trinajstić information content (AvgIpc) is 2.83. The molecule has 2 rings (SSSR count). The van der Waals surface area contributed by atoms with Crippen LogP contribution in [0.25, 0.3) is 0 Å². The standard InChI is InChI=1S/C15H24N2/c1-15(2,12-16)11-13-5-7-14(8-6-13)17-9-3-4-10-17/h5-8H,3-4,9-12,16H2,1-2H3. The summed E-state index contributed by atoms with van der Waals surface area (Å²) >= 11 is 0.